The lowest BCUT2D eigenvalue weighted by Gasteiger charge is -2.19. The van der Waals surface area contributed by atoms with Gasteiger partial charge in [-0.25, -0.2) is 4.79 Å². The Bertz CT molecular complexity index is 1150. The zero-order valence-corrected chi connectivity index (χ0v) is 18.3. The third-order valence-electron chi connectivity index (χ3n) is 5.10. The number of ether oxygens (including phenoxy) is 1. The van der Waals surface area contributed by atoms with Crippen LogP contribution in [0.25, 0.3) is 11.0 Å². The van der Waals surface area contributed by atoms with Gasteiger partial charge in [-0.15, -0.1) is 0 Å². The average Bonchev–Trinajstić information content (AvgIpc) is 2.74. The minimum Gasteiger partial charge on any atom is -0.459 e. The van der Waals surface area contributed by atoms with E-state index < -0.39 is 11.6 Å². The van der Waals surface area contributed by atoms with Gasteiger partial charge in [0.25, 0.3) is 5.91 Å². The van der Waals surface area contributed by atoms with Crippen molar-refractivity contribution in [1.82, 2.24) is 5.32 Å². The van der Waals surface area contributed by atoms with Crippen LogP contribution >= 0.6 is 0 Å². The van der Waals surface area contributed by atoms with Gasteiger partial charge >= 0.3 is 11.6 Å². The van der Waals surface area contributed by atoms with Crippen molar-refractivity contribution in [2.45, 2.75) is 46.1 Å². The summed E-state index contributed by atoms with van der Waals surface area (Å²) in [6, 6.07) is 14.2. The van der Waals surface area contributed by atoms with E-state index in [0.717, 1.165) is 17.5 Å². The summed E-state index contributed by atoms with van der Waals surface area (Å²) in [5, 5.41) is 3.28. The second-order valence-electron chi connectivity index (χ2n) is 8.45. The van der Waals surface area contributed by atoms with Crippen molar-refractivity contribution >= 4 is 22.8 Å². The van der Waals surface area contributed by atoms with Crippen molar-refractivity contribution in [1.29, 1.82) is 0 Å². The Morgan fingerprint density at radius 3 is 2.39 bits per heavy atom. The molecule has 1 amide bonds. The fourth-order valence-corrected chi connectivity index (χ4v) is 3.20. The van der Waals surface area contributed by atoms with Crippen LogP contribution in [0.1, 0.15) is 54.7 Å². The van der Waals surface area contributed by atoms with Gasteiger partial charge in [-0.1, -0.05) is 52.0 Å². The fourth-order valence-electron chi connectivity index (χ4n) is 3.20. The number of fused-ring (bicyclic) bond motifs is 1. The zero-order valence-electron chi connectivity index (χ0n) is 18.3. The summed E-state index contributed by atoms with van der Waals surface area (Å²) in [6.07, 6.45) is 0.817. The predicted octanol–water partition coefficient (Wildman–Crippen LogP) is 4.13. The fraction of sp³-hybridized carbons (Fsp3) is 0.320. The van der Waals surface area contributed by atoms with Gasteiger partial charge in [-0.05, 0) is 41.2 Å². The van der Waals surface area contributed by atoms with Crippen LogP contribution in [0.2, 0.25) is 0 Å². The summed E-state index contributed by atoms with van der Waals surface area (Å²) in [5.41, 5.74) is 3.15. The topological polar surface area (TPSA) is 85.6 Å². The number of hydrogen-bond acceptors (Lipinski definition) is 5. The Labute approximate surface area is 181 Å². The number of rotatable bonds is 6. The number of esters is 1. The van der Waals surface area contributed by atoms with E-state index in [1.165, 1.54) is 6.07 Å². The quantitative estimate of drug-likeness (QED) is 0.478. The molecule has 1 aromatic heterocycles. The smallest absolute Gasteiger partial charge is 0.336 e. The number of nitrogens with one attached hydrogen (secondary N) is 1. The summed E-state index contributed by atoms with van der Waals surface area (Å²) in [5.74, 6) is -0.943. The molecule has 2 aromatic carbocycles. The van der Waals surface area contributed by atoms with E-state index in [9.17, 15) is 14.4 Å². The van der Waals surface area contributed by atoms with Crippen LogP contribution in [0.3, 0.4) is 0 Å². The lowest BCUT2D eigenvalue weighted by molar-refractivity contribution is -0.143. The molecule has 0 aliphatic rings. The monoisotopic (exact) mass is 421 g/mol. The molecule has 0 aliphatic heterocycles. The Morgan fingerprint density at radius 1 is 1.03 bits per heavy atom. The van der Waals surface area contributed by atoms with Gasteiger partial charge in [-0.3, -0.25) is 9.59 Å². The highest BCUT2D eigenvalue weighted by Crippen LogP contribution is 2.22. The maximum Gasteiger partial charge on any atom is 0.336 e. The van der Waals surface area contributed by atoms with Crippen molar-refractivity contribution in [3.8, 4) is 0 Å². The van der Waals surface area contributed by atoms with E-state index in [-0.39, 0.29) is 24.5 Å². The van der Waals surface area contributed by atoms with Crippen LogP contribution < -0.4 is 10.9 Å². The molecule has 0 atom stereocenters. The third-order valence-corrected chi connectivity index (χ3v) is 5.10. The van der Waals surface area contributed by atoms with Gasteiger partial charge < -0.3 is 14.5 Å². The van der Waals surface area contributed by atoms with E-state index in [1.807, 2.05) is 37.3 Å². The van der Waals surface area contributed by atoms with E-state index in [2.05, 4.69) is 26.1 Å². The molecular formula is C25H27NO5. The van der Waals surface area contributed by atoms with Gasteiger partial charge in [-0.2, -0.15) is 0 Å². The highest BCUT2D eigenvalue weighted by Gasteiger charge is 2.15. The van der Waals surface area contributed by atoms with Crippen molar-refractivity contribution in [3.63, 3.8) is 0 Å². The summed E-state index contributed by atoms with van der Waals surface area (Å²) in [7, 11) is 0. The van der Waals surface area contributed by atoms with Crippen LogP contribution in [-0.4, -0.2) is 18.4 Å². The Kier molecular flexibility index (Phi) is 6.59. The van der Waals surface area contributed by atoms with Crippen molar-refractivity contribution in [2.24, 2.45) is 0 Å². The second kappa shape index (κ2) is 9.16. The van der Waals surface area contributed by atoms with Crippen LogP contribution in [0.5, 0.6) is 0 Å². The number of carbonyl (C=O) groups excluding carboxylic acids is 2. The Balaban J connectivity index is 1.59. The first-order valence-corrected chi connectivity index (χ1v) is 10.3. The summed E-state index contributed by atoms with van der Waals surface area (Å²) < 4.78 is 10.5. The van der Waals surface area contributed by atoms with Gasteiger partial charge in [0.1, 0.15) is 18.7 Å². The molecule has 162 valence electrons. The third kappa shape index (κ3) is 5.60. The van der Waals surface area contributed by atoms with Gasteiger partial charge in [0, 0.05) is 22.6 Å². The molecule has 3 aromatic rings. The highest BCUT2D eigenvalue weighted by molar-refractivity contribution is 5.96. The molecule has 0 saturated carbocycles. The average molecular weight is 421 g/mol. The molecule has 0 fully saturated rings. The first-order valence-electron chi connectivity index (χ1n) is 10.3. The molecule has 6 nitrogen and oxygen atoms in total. The largest absolute Gasteiger partial charge is 0.459 e. The van der Waals surface area contributed by atoms with Gasteiger partial charge in [0.15, 0.2) is 0 Å². The molecule has 0 saturated heterocycles. The van der Waals surface area contributed by atoms with Crippen LogP contribution in [0.15, 0.2) is 57.7 Å². The molecule has 0 unspecified atom stereocenters. The lowest BCUT2D eigenvalue weighted by atomic mass is 9.87. The normalized spacial score (nSPS) is 11.4. The standard InChI is InChI=1S/C25H27NO5/c1-5-16-6-11-20-18(13-22(27)31-21(20)12-16)15-30-23(28)14-26-24(29)17-7-9-19(10-8-17)25(2,3)4/h6-13H,5,14-15H2,1-4H3,(H,26,29). The minimum atomic E-state index is -0.591. The molecule has 0 spiro atoms. The van der Waals surface area contributed by atoms with Gasteiger partial charge in [0.05, 0.1) is 0 Å². The van der Waals surface area contributed by atoms with E-state index in [0.29, 0.717) is 22.1 Å². The summed E-state index contributed by atoms with van der Waals surface area (Å²) in [4.78, 5) is 36.3. The maximum atomic E-state index is 12.3. The molecule has 1 N–H and O–H groups in total. The molecule has 0 radical (unpaired) electrons. The Morgan fingerprint density at radius 2 is 1.74 bits per heavy atom. The number of benzene rings is 2. The molecule has 3 rings (SSSR count). The SMILES string of the molecule is CCc1ccc2c(COC(=O)CNC(=O)c3ccc(C(C)(C)C)cc3)cc(=O)oc2c1. The highest BCUT2D eigenvalue weighted by atomic mass is 16.5. The molecule has 31 heavy (non-hydrogen) atoms. The predicted molar refractivity (Wildman–Crippen MR) is 119 cm³/mol. The molecule has 0 aliphatic carbocycles. The number of hydrogen-bond donors (Lipinski definition) is 1. The zero-order chi connectivity index (χ0) is 22.6. The second-order valence-corrected chi connectivity index (χ2v) is 8.45. The molecular weight excluding hydrogens is 394 g/mol. The molecule has 1 heterocycles. The first-order chi connectivity index (χ1) is 14.7. The van der Waals surface area contributed by atoms with E-state index in [4.69, 9.17) is 9.15 Å². The minimum absolute atomic E-state index is 0.00420. The number of carbonyl (C=O) groups is 2. The maximum absolute atomic E-state index is 12.3. The van der Waals surface area contributed by atoms with Crippen molar-refractivity contribution in [3.05, 3.63) is 81.2 Å². The summed E-state index contributed by atoms with van der Waals surface area (Å²) in [6.45, 7) is 7.96. The van der Waals surface area contributed by atoms with Crippen molar-refractivity contribution in [2.75, 3.05) is 6.54 Å². The molecule has 6 heteroatoms. The lowest BCUT2D eigenvalue weighted by Crippen LogP contribution is -2.30. The molecule has 0 bridgehead atoms. The van der Waals surface area contributed by atoms with E-state index in [1.54, 1.807) is 12.1 Å². The first kappa shape index (κ1) is 22.3. The number of aryl methyl sites for hydroxylation is 1. The summed E-state index contributed by atoms with van der Waals surface area (Å²) >= 11 is 0. The van der Waals surface area contributed by atoms with E-state index >= 15 is 0 Å². The van der Waals surface area contributed by atoms with Crippen LogP contribution in [0, 0.1) is 0 Å². The number of amides is 1. The van der Waals surface area contributed by atoms with Crippen LogP contribution in [-0.2, 0) is 28.0 Å². The van der Waals surface area contributed by atoms with Crippen molar-refractivity contribution < 1.29 is 18.7 Å². The van der Waals surface area contributed by atoms with Gasteiger partial charge in [0.2, 0.25) is 0 Å². The van der Waals surface area contributed by atoms with Crippen LogP contribution in [0.4, 0.5) is 0 Å². The Hall–Kier alpha value is -3.41.